The van der Waals surface area contributed by atoms with Crippen LogP contribution in [-0.2, 0) is 16.2 Å². The van der Waals surface area contributed by atoms with Crippen molar-refractivity contribution in [3.63, 3.8) is 0 Å². The highest BCUT2D eigenvalue weighted by atomic mass is 32.2. The molecule has 2 fully saturated rings. The van der Waals surface area contributed by atoms with E-state index in [0.717, 1.165) is 62.7 Å². The molecule has 2 N–H and O–H groups in total. The molecule has 2 aromatic rings. The van der Waals surface area contributed by atoms with Crippen molar-refractivity contribution < 1.29 is 26.3 Å². The lowest BCUT2D eigenvalue weighted by molar-refractivity contribution is -0.137. The molecular weight excluding hydrogens is 583 g/mol. The van der Waals surface area contributed by atoms with Crippen molar-refractivity contribution in [3.8, 4) is 5.75 Å². The number of alkyl halides is 3. The third-order valence-corrected chi connectivity index (χ3v) is 9.79. The molecular formula is C29H44F3N7O3S. The summed E-state index contributed by atoms with van der Waals surface area (Å²) in [7, 11) is -0.542. The fraction of sp³-hybridized carbons (Fsp3) is 0.655. The highest BCUT2D eigenvalue weighted by Gasteiger charge is 2.38. The van der Waals surface area contributed by atoms with Crippen LogP contribution in [0.15, 0.2) is 18.3 Å². The normalized spacial score (nSPS) is 20.8. The SMILES string of the molecule is COc1cc(N2CCN(C(C)(C)C)CC2)c(C)cc1Nc1ncc(C(F)(F)F)c(N[C@H]2CCCC[C@H]2N(C)S(C)(=O)=O)n1. The van der Waals surface area contributed by atoms with E-state index in [-0.39, 0.29) is 11.5 Å². The van der Waals surface area contributed by atoms with E-state index in [0.29, 0.717) is 24.3 Å². The Kier molecular flexibility index (Phi) is 9.72. The van der Waals surface area contributed by atoms with Crippen LogP contribution in [0.4, 0.5) is 36.3 Å². The van der Waals surface area contributed by atoms with E-state index in [2.05, 4.69) is 51.2 Å². The van der Waals surface area contributed by atoms with E-state index in [1.807, 2.05) is 19.1 Å². The molecule has 1 aliphatic heterocycles. The summed E-state index contributed by atoms with van der Waals surface area (Å²) in [4.78, 5) is 13.0. The predicted molar refractivity (Wildman–Crippen MR) is 164 cm³/mol. The lowest BCUT2D eigenvalue weighted by Gasteiger charge is -2.43. The van der Waals surface area contributed by atoms with Crippen molar-refractivity contribution in [2.24, 2.45) is 0 Å². The van der Waals surface area contributed by atoms with Gasteiger partial charge in [-0.25, -0.2) is 17.7 Å². The minimum Gasteiger partial charge on any atom is -0.494 e. The summed E-state index contributed by atoms with van der Waals surface area (Å²) in [5.41, 5.74) is 1.62. The van der Waals surface area contributed by atoms with Gasteiger partial charge >= 0.3 is 6.18 Å². The summed E-state index contributed by atoms with van der Waals surface area (Å²) in [5, 5.41) is 5.98. The number of anilines is 4. The molecule has 14 heteroatoms. The van der Waals surface area contributed by atoms with Crippen molar-refractivity contribution >= 4 is 33.2 Å². The van der Waals surface area contributed by atoms with Gasteiger partial charge in [-0.1, -0.05) is 12.8 Å². The topological polar surface area (TPSA) is 103 Å². The summed E-state index contributed by atoms with van der Waals surface area (Å²) in [6.45, 7) is 12.2. The van der Waals surface area contributed by atoms with Crippen molar-refractivity contribution in [1.82, 2.24) is 19.2 Å². The Hall–Kier alpha value is -2.84. The van der Waals surface area contributed by atoms with Crippen LogP contribution < -0.4 is 20.3 Å². The number of aryl methyl sites for hydroxylation is 1. The van der Waals surface area contributed by atoms with Crippen molar-refractivity contribution in [2.75, 3.05) is 62.1 Å². The Morgan fingerprint density at radius 3 is 2.30 bits per heavy atom. The monoisotopic (exact) mass is 627 g/mol. The molecule has 2 heterocycles. The first-order valence-corrected chi connectivity index (χ1v) is 16.4. The second-order valence-corrected chi connectivity index (χ2v) is 14.5. The maximum atomic E-state index is 14.0. The summed E-state index contributed by atoms with van der Waals surface area (Å²) in [6.07, 6.45) is -0.276. The minimum atomic E-state index is -4.71. The van der Waals surface area contributed by atoms with Crippen molar-refractivity contribution in [1.29, 1.82) is 0 Å². The number of aromatic nitrogens is 2. The number of nitrogens with one attached hydrogen (secondary N) is 2. The molecule has 43 heavy (non-hydrogen) atoms. The minimum absolute atomic E-state index is 0.0384. The van der Waals surface area contributed by atoms with Crippen LogP contribution in [0.5, 0.6) is 5.75 Å². The van der Waals surface area contributed by atoms with Gasteiger partial charge in [0.2, 0.25) is 16.0 Å². The van der Waals surface area contributed by atoms with E-state index in [9.17, 15) is 21.6 Å². The summed E-state index contributed by atoms with van der Waals surface area (Å²) < 4.78 is 73.4. The molecule has 2 aliphatic rings. The molecule has 0 amide bonds. The largest absolute Gasteiger partial charge is 0.494 e. The molecule has 0 bridgehead atoms. The molecule has 0 radical (unpaired) electrons. The number of sulfonamides is 1. The average molecular weight is 628 g/mol. The van der Waals surface area contributed by atoms with Crippen LogP contribution in [0.3, 0.4) is 0 Å². The molecule has 1 saturated heterocycles. The van der Waals surface area contributed by atoms with Gasteiger partial charge in [-0.3, -0.25) is 4.90 Å². The third-order valence-electron chi connectivity index (χ3n) is 8.47. The fourth-order valence-electron chi connectivity index (χ4n) is 5.92. The third kappa shape index (κ3) is 7.82. The van der Waals surface area contributed by atoms with E-state index < -0.39 is 39.7 Å². The van der Waals surface area contributed by atoms with Gasteiger partial charge in [0.1, 0.15) is 17.1 Å². The highest BCUT2D eigenvalue weighted by molar-refractivity contribution is 7.88. The lowest BCUT2D eigenvalue weighted by atomic mass is 9.90. The molecule has 1 aliphatic carbocycles. The second-order valence-electron chi connectivity index (χ2n) is 12.4. The zero-order chi connectivity index (χ0) is 31.7. The number of ether oxygens (including phenoxy) is 1. The highest BCUT2D eigenvalue weighted by Crippen LogP contribution is 2.38. The molecule has 4 rings (SSSR count). The Bertz CT molecular complexity index is 1390. The Labute approximate surface area is 253 Å². The van der Waals surface area contributed by atoms with Crippen molar-refractivity contribution in [2.45, 2.75) is 77.2 Å². The van der Waals surface area contributed by atoms with Crippen LogP contribution in [0.25, 0.3) is 0 Å². The maximum Gasteiger partial charge on any atom is 0.421 e. The van der Waals surface area contributed by atoms with E-state index in [1.165, 1.54) is 11.4 Å². The van der Waals surface area contributed by atoms with Crippen LogP contribution >= 0.6 is 0 Å². The summed E-state index contributed by atoms with van der Waals surface area (Å²) in [6, 6.07) is 2.77. The first-order valence-electron chi connectivity index (χ1n) is 14.6. The van der Waals surface area contributed by atoms with Gasteiger partial charge in [0.25, 0.3) is 0 Å². The average Bonchev–Trinajstić information content (AvgIpc) is 2.92. The Morgan fingerprint density at radius 2 is 1.72 bits per heavy atom. The number of nitrogens with zero attached hydrogens (tertiary/aromatic N) is 5. The van der Waals surface area contributed by atoms with Gasteiger partial charge in [0.15, 0.2) is 0 Å². The van der Waals surface area contributed by atoms with Gasteiger partial charge < -0.3 is 20.3 Å². The predicted octanol–water partition coefficient (Wildman–Crippen LogP) is 5.09. The van der Waals surface area contributed by atoms with Gasteiger partial charge in [-0.2, -0.15) is 18.2 Å². The molecule has 1 aromatic heterocycles. The molecule has 240 valence electrons. The van der Waals surface area contributed by atoms with Crippen LogP contribution in [0.2, 0.25) is 0 Å². The lowest BCUT2D eigenvalue weighted by Crippen LogP contribution is -2.53. The number of rotatable bonds is 8. The van der Waals surface area contributed by atoms with Crippen molar-refractivity contribution in [3.05, 3.63) is 29.5 Å². The van der Waals surface area contributed by atoms with Crippen LogP contribution in [-0.4, -0.2) is 91.8 Å². The number of methoxy groups -OCH3 is 1. The first-order chi connectivity index (χ1) is 20.0. The maximum absolute atomic E-state index is 14.0. The number of benzene rings is 1. The molecule has 10 nitrogen and oxygen atoms in total. The van der Waals surface area contributed by atoms with Gasteiger partial charge in [0.05, 0.1) is 19.1 Å². The second kappa shape index (κ2) is 12.6. The molecule has 0 unspecified atom stereocenters. The van der Waals surface area contributed by atoms with E-state index >= 15 is 0 Å². The standard InChI is InChI=1S/C29H44F3N7O3S/c1-19-16-22(25(42-6)17-24(19)38-12-14-39(15-13-38)28(2,3)4)35-27-33-18-20(29(30,31)32)26(36-27)34-21-10-8-9-11-23(21)37(5)43(7,40)41/h16-18,21,23H,8-15H2,1-7H3,(H2,33,34,35,36)/t21-,23+/m0/s1. The first kappa shape index (κ1) is 33.1. The van der Waals surface area contributed by atoms with Gasteiger partial charge in [-0.15, -0.1) is 0 Å². The number of hydrogen-bond donors (Lipinski definition) is 2. The number of halogens is 3. The zero-order valence-electron chi connectivity index (χ0n) is 26.0. The zero-order valence-corrected chi connectivity index (χ0v) is 26.9. The molecule has 1 aromatic carbocycles. The van der Waals surface area contributed by atoms with Crippen LogP contribution in [0, 0.1) is 6.92 Å². The van der Waals surface area contributed by atoms with E-state index in [4.69, 9.17) is 4.74 Å². The molecule has 2 atom stereocenters. The van der Waals surface area contributed by atoms with Crippen LogP contribution in [0.1, 0.15) is 57.6 Å². The van der Waals surface area contributed by atoms with Gasteiger partial charge in [-0.05, 0) is 52.2 Å². The molecule has 0 spiro atoms. The number of hydrogen-bond acceptors (Lipinski definition) is 9. The number of likely N-dealkylation sites (N-methyl/N-ethyl adjacent to an activating group) is 1. The van der Waals surface area contributed by atoms with E-state index in [1.54, 1.807) is 7.11 Å². The van der Waals surface area contributed by atoms with Gasteiger partial charge in [0, 0.05) is 68.8 Å². The smallest absolute Gasteiger partial charge is 0.421 e. The summed E-state index contributed by atoms with van der Waals surface area (Å²) in [5.74, 6) is 0.0791. The fourth-order valence-corrected chi connectivity index (χ4v) is 6.66. The summed E-state index contributed by atoms with van der Waals surface area (Å²) >= 11 is 0. The number of piperazine rings is 1. The quantitative estimate of drug-likeness (QED) is 0.414. The molecule has 1 saturated carbocycles. The Morgan fingerprint density at radius 1 is 1.07 bits per heavy atom. The Balaban J connectivity index is 1.60.